The number of aromatic amines is 3. The van der Waals surface area contributed by atoms with E-state index in [2.05, 4.69) is 112 Å². The van der Waals surface area contributed by atoms with E-state index in [0.29, 0.717) is 0 Å². The molecule has 0 fully saturated rings. The average Bonchev–Trinajstić information content (AvgIpc) is 3.49. The summed E-state index contributed by atoms with van der Waals surface area (Å²) in [5.41, 5.74) is 8.23. The molecule has 0 atom stereocenters. The Morgan fingerprint density at radius 2 is 0.966 bits per heavy atom. The van der Waals surface area contributed by atoms with Gasteiger partial charge < -0.3 is 15.0 Å². The van der Waals surface area contributed by atoms with Crippen molar-refractivity contribution < 1.29 is 0 Å². The molecule has 0 saturated heterocycles. The number of H-pyrrole nitrogens is 3. The van der Waals surface area contributed by atoms with Crippen LogP contribution in [0.25, 0.3) is 44.4 Å². The number of fused-ring (bicyclic) bond motifs is 3. The fourth-order valence-corrected chi connectivity index (χ4v) is 4.26. The van der Waals surface area contributed by atoms with Crippen molar-refractivity contribution in [1.29, 1.82) is 0 Å². The molecule has 3 aromatic carbocycles. The van der Waals surface area contributed by atoms with Crippen LogP contribution in [-0.4, -0.2) is 15.0 Å². The van der Waals surface area contributed by atoms with Crippen LogP contribution in [-0.2, 0) is 0 Å². The first-order chi connectivity index (χ1) is 14.4. The second-order valence-corrected chi connectivity index (χ2v) is 7.34. The van der Waals surface area contributed by atoms with Crippen molar-refractivity contribution in [2.75, 3.05) is 0 Å². The summed E-state index contributed by atoms with van der Waals surface area (Å²) < 4.78 is 0. The van der Waals surface area contributed by atoms with Crippen molar-refractivity contribution in [2.45, 2.75) is 0 Å². The Hall–Kier alpha value is -3.98. The molecule has 3 aromatic heterocycles. The molecule has 6 aromatic rings. The van der Waals surface area contributed by atoms with Crippen molar-refractivity contribution in [1.82, 2.24) is 15.0 Å². The van der Waals surface area contributed by atoms with Crippen LogP contribution in [0.15, 0.2) is 91.4 Å². The second-order valence-electron chi connectivity index (χ2n) is 7.34. The maximum absolute atomic E-state index is 3.44. The maximum atomic E-state index is 3.44. The summed E-state index contributed by atoms with van der Waals surface area (Å²) in [4.78, 5) is 10.3. The minimum atomic E-state index is 1.15. The van der Waals surface area contributed by atoms with Crippen LogP contribution < -0.4 is 0 Å². The van der Waals surface area contributed by atoms with Crippen LogP contribution in [0.5, 0.6) is 0 Å². The molecular weight excluding hydrogens is 354 g/mol. The second kappa shape index (κ2) is 6.28. The van der Waals surface area contributed by atoms with Crippen molar-refractivity contribution in [3.63, 3.8) is 0 Å². The molecule has 3 heteroatoms. The number of para-hydroxylation sites is 3. The zero-order chi connectivity index (χ0) is 19.2. The van der Waals surface area contributed by atoms with Crippen molar-refractivity contribution in [2.24, 2.45) is 0 Å². The number of rotatable bonds is 3. The van der Waals surface area contributed by atoms with Gasteiger partial charge in [-0.3, -0.25) is 0 Å². The normalized spacial score (nSPS) is 11.4. The number of nitrogens with one attached hydrogen (secondary N) is 3. The van der Waals surface area contributed by atoms with Gasteiger partial charge in [-0.2, -0.15) is 0 Å². The van der Waals surface area contributed by atoms with E-state index in [1.807, 2.05) is 0 Å². The Kier molecular flexibility index (Phi) is 3.47. The fourth-order valence-electron chi connectivity index (χ4n) is 4.26. The third-order valence-corrected chi connectivity index (χ3v) is 5.68. The van der Waals surface area contributed by atoms with Crippen LogP contribution >= 0.6 is 0 Å². The van der Waals surface area contributed by atoms with E-state index in [9.17, 15) is 0 Å². The molecule has 0 bridgehead atoms. The predicted molar refractivity (Wildman–Crippen MR) is 122 cm³/mol. The Labute approximate surface area is 167 Å². The number of hydrogen-bond acceptors (Lipinski definition) is 0. The van der Waals surface area contributed by atoms with Crippen LogP contribution in [0.1, 0.15) is 16.7 Å². The summed E-state index contributed by atoms with van der Waals surface area (Å²) in [5.74, 6) is 0. The molecule has 6 rings (SSSR count). The van der Waals surface area contributed by atoms with Crippen LogP contribution in [0, 0.1) is 0 Å². The van der Waals surface area contributed by atoms with E-state index in [4.69, 9.17) is 0 Å². The summed E-state index contributed by atoms with van der Waals surface area (Å²) in [7, 11) is 0. The highest BCUT2D eigenvalue weighted by Crippen LogP contribution is 2.36. The fraction of sp³-hybridized carbons (Fsp3) is 0. The van der Waals surface area contributed by atoms with Crippen LogP contribution in [0.3, 0.4) is 0 Å². The number of aromatic nitrogens is 3. The summed E-state index contributed by atoms with van der Waals surface area (Å²) >= 11 is 0. The molecule has 0 aliphatic carbocycles. The quantitative estimate of drug-likeness (QED) is 0.308. The zero-order valence-corrected chi connectivity index (χ0v) is 15.7. The lowest BCUT2D eigenvalue weighted by atomic mass is 9.95. The standard InChI is InChI=1S/C26H19N3/c1-4-10-24-18(7-1)17(14-27-24)13-21(22-15-28-25-11-5-2-8-19(22)25)23-16-29-26-12-6-3-9-20(23)26/h1-16,27-29H. The lowest BCUT2D eigenvalue weighted by Gasteiger charge is -2.07. The topological polar surface area (TPSA) is 47.4 Å². The molecule has 0 saturated carbocycles. The third-order valence-electron chi connectivity index (χ3n) is 5.68. The molecule has 29 heavy (non-hydrogen) atoms. The van der Waals surface area contributed by atoms with Crippen molar-refractivity contribution in [3.8, 4) is 0 Å². The highest BCUT2D eigenvalue weighted by Gasteiger charge is 2.15. The molecule has 0 radical (unpaired) electrons. The highest BCUT2D eigenvalue weighted by molar-refractivity contribution is 6.09. The van der Waals surface area contributed by atoms with E-state index in [-0.39, 0.29) is 0 Å². The van der Waals surface area contributed by atoms with Gasteiger partial charge in [-0.1, -0.05) is 54.6 Å². The van der Waals surface area contributed by atoms with E-state index < -0.39 is 0 Å². The monoisotopic (exact) mass is 373 g/mol. The number of benzene rings is 3. The SMILES string of the molecule is C(=C(c1c[nH]c2ccccc12)c1c[nH]c2ccccc12)c1c[nH]c2ccccc12. The average molecular weight is 373 g/mol. The summed E-state index contributed by atoms with van der Waals surface area (Å²) in [6.45, 7) is 0. The molecular formula is C26H19N3. The minimum Gasteiger partial charge on any atom is -0.361 e. The highest BCUT2D eigenvalue weighted by atomic mass is 14.7. The molecule has 3 N–H and O–H groups in total. The van der Waals surface area contributed by atoms with Gasteiger partial charge in [0.2, 0.25) is 0 Å². The minimum absolute atomic E-state index is 1.15. The Morgan fingerprint density at radius 3 is 1.55 bits per heavy atom. The van der Waals surface area contributed by atoms with Gasteiger partial charge in [0.1, 0.15) is 0 Å². The lowest BCUT2D eigenvalue weighted by Crippen LogP contribution is -1.86. The summed E-state index contributed by atoms with van der Waals surface area (Å²) in [6.07, 6.45) is 8.62. The van der Waals surface area contributed by atoms with Gasteiger partial charge >= 0.3 is 0 Å². The van der Waals surface area contributed by atoms with E-state index >= 15 is 0 Å². The molecule has 3 nitrogen and oxygen atoms in total. The summed E-state index contributed by atoms with van der Waals surface area (Å²) in [6, 6.07) is 25.4. The van der Waals surface area contributed by atoms with Crippen molar-refractivity contribution >= 4 is 44.4 Å². The van der Waals surface area contributed by atoms with Gasteiger partial charge in [0.15, 0.2) is 0 Å². The molecule has 0 aliphatic rings. The van der Waals surface area contributed by atoms with Crippen molar-refractivity contribution in [3.05, 3.63) is 108 Å². The van der Waals surface area contributed by atoms with E-state index in [1.165, 1.54) is 38.4 Å². The van der Waals surface area contributed by atoms with Gasteiger partial charge in [-0.15, -0.1) is 0 Å². The first kappa shape index (κ1) is 16.0. The van der Waals surface area contributed by atoms with Gasteiger partial charge in [0.05, 0.1) is 0 Å². The van der Waals surface area contributed by atoms with Gasteiger partial charge in [0, 0.05) is 68.0 Å². The molecule has 3 heterocycles. The number of hydrogen-bond donors (Lipinski definition) is 3. The van der Waals surface area contributed by atoms with Gasteiger partial charge in [-0.25, -0.2) is 0 Å². The molecule has 0 amide bonds. The zero-order valence-electron chi connectivity index (χ0n) is 15.7. The first-order valence-corrected chi connectivity index (χ1v) is 9.79. The van der Waals surface area contributed by atoms with E-state index in [0.717, 1.165) is 16.6 Å². The Bertz CT molecular complexity index is 1430. The lowest BCUT2D eigenvalue weighted by molar-refractivity contribution is 1.45. The third kappa shape index (κ3) is 2.52. The first-order valence-electron chi connectivity index (χ1n) is 9.79. The molecule has 138 valence electrons. The van der Waals surface area contributed by atoms with Crippen LogP contribution in [0.2, 0.25) is 0 Å². The molecule has 0 spiro atoms. The smallest absolute Gasteiger partial charge is 0.0460 e. The Balaban J connectivity index is 1.67. The molecule has 0 unspecified atom stereocenters. The predicted octanol–water partition coefficient (Wildman–Crippen LogP) is 6.72. The van der Waals surface area contributed by atoms with E-state index in [1.54, 1.807) is 0 Å². The largest absolute Gasteiger partial charge is 0.361 e. The maximum Gasteiger partial charge on any atom is 0.0460 e. The van der Waals surface area contributed by atoms with Crippen LogP contribution in [0.4, 0.5) is 0 Å². The van der Waals surface area contributed by atoms with Gasteiger partial charge in [0.25, 0.3) is 0 Å². The van der Waals surface area contributed by atoms with Gasteiger partial charge in [-0.05, 0) is 29.8 Å². The Morgan fingerprint density at radius 1 is 0.517 bits per heavy atom. The summed E-state index contributed by atoms with van der Waals surface area (Å²) in [5, 5.41) is 3.68. The molecule has 0 aliphatic heterocycles.